The van der Waals surface area contributed by atoms with E-state index in [1.807, 2.05) is 11.7 Å². The van der Waals surface area contributed by atoms with Gasteiger partial charge in [0.15, 0.2) is 0 Å². The van der Waals surface area contributed by atoms with Crippen LogP contribution in [0.4, 0.5) is 0 Å². The molecule has 0 radical (unpaired) electrons. The summed E-state index contributed by atoms with van der Waals surface area (Å²) in [5.74, 6) is 1.57. The van der Waals surface area contributed by atoms with Crippen LogP contribution in [0.2, 0.25) is 0 Å². The molecule has 0 fully saturated rings. The van der Waals surface area contributed by atoms with Gasteiger partial charge in [-0.25, -0.2) is 9.67 Å². The van der Waals surface area contributed by atoms with Crippen LogP contribution >= 0.6 is 31.9 Å². The summed E-state index contributed by atoms with van der Waals surface area (Å²) < 4.78 is 4.16. The summed E-state index contributed by atoms with van der Waals surface area (Å²) in [5, 5.41) is 7.70. The summed E-state index contributed by atoms with van der Waals surface area (Å²) in [7, 11) is 1.97. The van der Waals surface area contributed by atoms with Gasteiger partial charge in [0.05, 0.1) is 0 Å². The van der Waals surface area contributed by atoms with Crippen molar-refractivity contribution in [3.63, 3.8) is 0 Å². The van der Waals surface area contributed by atoms with Gasteiger partial charge in [-0.1, -0.05) is 51.8 Å². The molecule has 2 aromatic rings. The fraction of sp³-hybridized carbons (Fsp3) is 0.467. The minimum atomic E-state index is 0.197. The summed E-state index contributed by atoms with van der Waals surface area (Å²) >= 11 is 7.13. The molecule has 2 rings (SSSR count). The Morgan fingerprint density at radius 2 is 2.05 bits per heavy atom. The van der Waals surface area contributed by atoms with Crippen LogP contribution in [0.3, 0.4) is 0 Å². The third-order valence-electron chi connectivity index (χ3n) is 3.31. The smallest absolute Gasteiger partial charge is 0.138 e. The number of halogens is 2. The van der Waals surface area contributed by atoms with Crippen LogP contribution < -0.4 is 5.32 Å². The van der Waals surface area contributed by atoms with Gasteiger partial charge in [-0.2, -0.15) is 5.10 Å². The predicted molar refractivity (Wildman–Crippen MR) is 92.2 cm³/mol. The number of hydrogen-bond donors (Lipinski definition) is 1. The molecule has 0 saturated carbocycles. The molecule has 0 saturated heterocycles. The second-order valence-electron chi connectivity index (χ2n) is 5.46. The number of nitrogens with zero attached hydrogens (tertiary/aromatic N) is 3. The zero-order valence-electron chi connectivity index (χ0n) is 12.5. The first-order valence-corrected chi connectivity index (χ1v) is 8.58. The summed E-state index contributed by atoms with van der Waals surface area (Å²) in [4.78, 5) is 4.42. The van der Waals surface area contributed by atoms with Gasteiger partial charge in [0.2, 0.25) is 0 Å². The molecule has 6 heteroatoms. The van der Waals surface area contributed by atoms with Gasteiger partial charge in [0.1, 0.15) is 12.2 Å². The van der Waals surface area contributed by atoms with Crippen LogP contribution in [0.5, 0.6) is 0 Å². The molecular weight excluding hydrogens is 396 g/mol. The van der Waals surface area contributed by atoms with Crippen molar-refractivity contribution in [2.45, 2.75) is 32.9 Å². The first-order chi connectivity index (χ1) is 10.0. The number of nitrogens with one attached hydrogen (secondary N) is 1. The molecule has 0 bridgehead atoms. The summed E-state index contributed by atoms with van der Waals surface area (Å²) in [6.07, 6.45) is 2.45. The number of benzene rings is 1. The zero-order chi connectivity index (χ0) is 15.4. The Bertz CT molecular complexity index is 595. The molecule has 1 aromatic carbocycles. The van der Waals surface area contributed by atoms with E-state index in [0.717, 1.165) is 27.7 Å². The van der Waals surface area contributed by atoms with Crippen molar-refractivity contribution < 1.29 is 0 Å². The SMILES string of the molecule is CNC(Cc1ncnn1CC(C)C)c1ccc(Br)cc1Br. The van der Waals surface area contributed by atoms with E-state index in [1.165, 1.54) is 5.56 Å². The van der Waals surface area contributed by atoms with Crippen molar-refractivity contribution in [1.29, 1.82) is 0 Å². The van der Waals surface area contributed by atoms with Gasteiger partial charge in [-0.15, -0.1) is 0 Å². The second-order valence-corrected chi connectivity index (χ2v) is 7.23. The fourth-order valence-corrected chi connectivity index (χ4v) is 3.60. The van der Waals surface area contributed by atoms with E-state index < -0.39 is 0 Å². The van der Waals surface area contributed by atoms with Crippen molar-refractivity contribution in [2.75, 3.05) is 7.05 Å². The molecular formula is C15H20Br2N4. The highest BCUT2D eigenvalue weighted by molar-refractivity contribution is 9.11. The molecule has 1 unspecified atom stereocenters. The third-order valence-corrected chi connectivity index (χ3v) is 4.49. The van der Waals surface area contributed by atoms with E-state index in [1.54, 1.807) is 6.33 Å². The van der Waals surface area contributed by atoms with Crippen LogP contribution in [0, 0.1) is 5.92 Å². The topological polar surface area (TPSA) is 42.7 Å². The predicted octanol–water partition coefficient (Wildman–Crippen LogP) is 3.96. The molecule has 0 amide bonds. The molecule has 4 nitrogen and oxygen atoms in total. The van der Waals surface area contributed by atoms with Crippen LogP contribution in [-0.2, 0) is 13.0 Å². The lowest BCUT2D eigenvalue weighted by Crippen LogP contribution is -2.22. The van der Waals surface area contributed by atoms with E-state index in [0.29, 0.717) is 5.92 Å². The van der Waals surface area contributed by atoms with Gasteiger partial charge in [0, 0.05) is 28.0 Å². The van der Waals surface area contributed by atoms with Crippen molar-refractivity contribution in [1.82, 2.24) is 20.1 Å². The summed E-state index contributed by atoms with van der Waals surface area (Å²) in [6.45, 7) is 5.27. The van der Waals surface area contributed by atoms with E-state index >= 15 is 0 Å². The fourth-order valence-electron chi connectivity index (χ4n) is 2.28. The lowest BCUT2D eigenvalue weighted by molar-refractivity contribution is 0.451. The molecule has 0 aliphatic heterocycles. The Morgan fingerprint density at radius 3 is 2.67 bits per heavy atom. The molecule has 114 valence electrons. The largest absolute Gasteiger partial charge is 0.313 e. The first kappa shape index (κ1) is 16.6. The van der Waals surface area contributed by atoms with Gasteiger partial charge >= 0.3 is 0 Å². The van der Waals surface area contributed by atoms with Gasteiger partial charge in [0.25, 0.3) is 0 Å². The Labute approximate surface area is 142 Å². The third kappa shape index (κ3) is 4.37. The van der Waals surface area contributed by atoms with Gasteiger partial charge < -0.3 is 5.32 Å². The minimum absolute atomic E-state index is 0.197. The van der Waals surface area contributed by atoms with Crippen LogP contribution in [0.1, 0.15) is 31.3 Å². The zero-order valence-corrected chi connectivity index (χ0v) is 15.6. The van der Waals surface area contributed by atoms with Gasteiger partial charge in [-0.05, 0) is 30.7 Å². The quantitative estimate of drug-likeness (QED) is 0.776. The monoisotopic (exact) mass is 414 g/mol. The number of likely N-dealkylation sites (N-methyl/N-ethyl adjacent to an activating group) is 1. The highest BCUT2D eigenvalue weighted by atomic mass is 79.9. The summed E-state index contributed by atoms with van der Waals surface area (Å²) in [6, 6.07) is 6.45. The number of rotatable bonds is 6. The maximum atomic E-state index is 4.42. The molecule has 0 spiro atoms. The maximum absolute atomic E-state index is 4.42. The van der Waals surface area contributed by atoms with E-state index in [-0.39, 0.29) is 6.04 Å². The molecule has 1 atom stereocenters. The molecule has 1 heterocycles. The molecule has 21 heavy (non-hydrogen) atoms. The van der Waals surface area contributed by atoms with Crippen LogP contribution in [0.25, 0.3) is 0 Å². The van der Waals surface area contributed by atoms with Crippen molar-refractivity contribution in [2.24, 2.45) is 5.92 Å². The standard InChI is InChI=1S/C15H20Br2N4/c1-10(2)8-21-15(19-9-20-21)7-14(18-3)12-5-4-11(16)6-13(12)17/h4-6,9-10,14,18H,7-8H2,1-3H3. The Balaban J connectivity index is 2.21. The van der Waals surface area contributed by atoms with Crippen LogP contribution in [-0.4, -0.2) is 21.8 Å². The maximum Gasteiger partial charge on any atom is 0.138 e. The lowest BCUT2D eigenvalue weighted by atomic mass is 10.0. The lowest BCUT2D eigenvalue weighted by Gasteiger charge is -2.19. The Morgan fingerprint density at radius 1 is 1.29 bits per heavy atom. The molecule has 0 aliphatic rings. The van der Waals surface area contributed by atoms with Crippen molar-refractivity contribution in [3.8, 4) is 0 Å². The van der Waals surface area contributed by atoms with Crippen molar-refractivity contribution >= 4 is 31.9 Å². The number of hydrogen-bond acceptors (Lipinski definition) is 3. The van der Waals surface area contributed by atoms with E-state index in [4.69, 9.17) is 0 Å². The number of aromatic nitrogens is 3. The average molecular weight is 416 g/mol. The Kier molecular flexibility index (Phi) is 5.96. The second kappa shape index (κ2) is 7.51. The average Bonchev–Trinajstić information content (AvgIpc) is 2.83. The van der Waals surface area contributed by atoms with E-state index in [9.17, 15) is 0 Å². The molecule has 1 N–H and O–H groups in total. The molecule has 0 aliphatic carbocycles. The van der Waals surface area contributed by atoms with Crippen LogP contribution in [0.15, 0.2) is 33.5 Å². The highest BCUT2D eigenvalue weighted by Gasteiger charge is 2.17. The van der Waals surface area contributed by atoms with E-state index in [2.05, 4.69) is 79.3 Å². The normalized spacial score (nSPS) is 12.9. The highest BCUT2D eigenvalue weighted by Crippen LogP contribution is 2.28. The summed E-state index contributed by atoms with van der Waals surface area (Å²) in [5.41, 5.74) is 1.22. The molecule has 1 aromatic heterocycles. The van der Waals surface area contributed by atoms with Crippen molar-refractivity contribution in [3.05, 3.63) is 44.9 Å². The van der Waals surface area contributed by atoms with Gasteiger partial charge in [-0.3, -0.25) is 0 Å². The first-order valence-electron chi connectivity index (χ1n) is 7.00. The Hall–Kier alpha value is -0.720. The minimum Gasteiger partial charge on any atom is -0.313 e.